The van der Waals surface area contributed by atoms with Gasteiger partial charge in [-0.2, -0.15) is 0 Å². The largest absolute Gasteiger partial charge is 0.274 e. The lowest BCUT2D eigenvalue weighted by molar-refractivity contribution is -0.479. The third-order valence-electron chi connectivity index (χ3n) is 5.28. The predicted molar refractivity (Wildman–Crippen MR) is 120 cm³/mol. The molecule has 6 nitrogen and oxygen atoms in total. The first-order valence-corrected chi connectivity index (χ1v) is 10.6. The van der Waals surface area contributed by atoms with Crippen LogP contribution in [0.2, 0.25) is 0 Å². The first-order valence-electron chi connectivity index (χ1n) is 9.70. The Hall–Kier alpha value is -3.19. The van der Waals surface area contributed by atoms with E-state index >= 15 is 0 Å². The van der Waals surface area contributed by atoms with Gasteiger partial charge in [-0.1, -0.05) is 60.3 Å². The number of thioether (sulfide) groups is 1. The summed E-state index contributed by atoms with van der Waals surface area (Å²) in [6, 6.07) is 20.1. The lowest BCUT2D eigenvalue weighted by Gasteiger charge is -2.16. The van der Waals surface area contributed by atoms with Gasteiger partial charge >= 0.3 is 0 Å². The van der Waals surface area contributed by atoms with Gasteiger partial charge in [-0.25, -0.2) is 0 Å². The Labute approximate surface area is 179 Å². The molecule has 152 valence electrons. The van der Waals surface area contributed by atoms with Crippen LogP contribution in [0, 0.1) is 30.9 Å². The Morgan fingerprint density at radius 2 is 1.77 bits per heavy atom. The van der Waals surface area contributed by atoms with Gasteiger partial charge in [0.15, 0.2) is 5.16 Å². The fraction of sp³-hybridized carbons (Fsp3) is 0.217. The third kappa shape index (κ3) is 3.93. The summed E-state index contributed by atoms with van der Waals surface area (Å²) in [6.45, 7) is 5.84. The lowest BCUT2D eigenvalue weighted by atomic mass is 10.0. The summed E-state index contributed by atoms with van der Waals surface area (Å²) < 4.78 is 1.97. The molecule has 0 unspecified atom stereocenters. The number of hydrogen-bond donors (Lipinski definition) is 0. The van der Waals surface area contributed by atoms with E-state index in [1.807, 2.05) is 60.0 Å². The van der Waals surface area contributed by atoms with Crippen molar-refractivity contribution in [2.24, 2.45) is 0 Å². The quantitative estimate of drug-likeness (QED) is 0.236. The summed E-state index contributed by atoms with van der Waals surface area (Å²) >= 11 is 1.39. The second-order valence-electron chi connectivity index (χ2n) is 7.32. The molecule has 30 heavy (non-hydrogen) atoms. The zero-order chi connectivity index (χ0) is 21.3. The Kier molecular flexibility index (Phi) is 5.55. The number of rotatable bonds is 6. The molecule has 0 bridgehead atoms. The van der Waals surface area contributed by atoms with E-state index in [1.54, 1.807) is 0 Å². The van der Waals surface area contributed by atoms with Gasteiger partial charge in [-0.15, -0.1) is 10.2 Å². The molecular weight excluding hydrogens is 396 g/mol. The molecule has 0 radical (unpaired) electrons. The topological polar surface area (TPSA) is 73.8 Å². The van der Waals surface area contributed by atoms with Crippen molar-refractivity contribution in [2.75, 3.05) is 6.54 Å². The predicted octanol–water partition coefficient (Wildman–Crippen LogP) is 5.46. The molecule has 1 atom stereocenters. The van der Waals surface area contributed by atoms with Crippen molar-refractivity contribution in [2.45, 2.75) is 31.2 Å². The van der Waals surface area contributed by atoms with Crippen molar-refractivity contribution < 1.29 is 4.92 Å². The van der Waals surface area contributed by atoms with Crippen molar-refractivity contribution >= 4 is 22.5 Å². The van der Waals surface area contributed by atoms with Crippen LogP contribution in [0.1, 0.15) is 27.8 Å². The minimum atomic E-state index is -0.389. The third-order valence-corrected chi connectivity index (χ3v) is 6.44. The van der Waals surface area contributed by atoms with Crippen molar-refractivity contribution in [1.82, 2.24) is 14.8 Å². The molecule has 3 aromatic carbocycles. The van der Waals surface area contributed by atoms with Crippen LogP contribution < -0.4 is 0 Å². The SMILES string of the molecule is Cc1ccc(-n2c(C)nnc2S[C@H](C[N+](=O)[O-])c2cccc3ccccc23)cc1C. The van der Waals surface area contributed by atoms with Crippen LogP contribution >= 0.6 is 11.8 Å². The summed E-state index contributed by atoms with van der Waals surface area (Å²) in [6.07, 6.45) is 0. The van der Waals surface area contributed by atoms with Crippen LogP contribution in [0.5, 0.6) is 0 Å². The minimum absolute atomic E-state index is 0.197. The van der Waals surface area contributed by atoms with Gasteiger partial charge < -0.3 is 0 Å². The fourth-order valence-electron chi connectivity index (χ4n) is 3.57. The van der Waals surface area contributed by atoms with Crippen molar-refractivity contribution in [3.63, 3.8) is 0 Å². The molecule has 1 aromatic heterocycles. The molecule has 0 amide bonds. The molecule has 0 aliphatic carbocycles. The van der Waals surface area contributed by atoms with Gasteiger partial charge in [0.05, 0.1) is 0 Å². The van der Waals surface area contributed by atoms with Crippen LogP contribution in [0.4, 0.5) is 0 Å². The van der Waals surface area contributed by atoms with Crippen LogP contribution in [-0.2, 0) is 0 Å². The van der Waals surface area contributed by atoms with Crippen molar-refractivity contribution in [3.8, 4) is 5.69 Å². The second-order valence-corrected chi connectivity index (χ2v) is 8.49. The van der Waals surface area contributed by atoms with E-state index in [0.29, 0.717) is 5.16 Å². The van der Waals surface area contributed by atoms with Crippen LogP contribution in [0.3, 0.4) is 0 Å². The van der Waals surface area contributed by atoms with E-state index in [1.165, 1.54) is 22.9 Å². The van der Waals surface area contributed by atoms with Crippen molar-refractivity contribution in [1.29, 1.82) is 0 Å². The Morgan fingerprint density at radius 3 is 2.53 bits per heavy atom. The minimum Gasteiger partial charge on any atom is -0.274 e. The first-order chi connectivity index (χ1) is 14.4. The maximum atomic E-state index is 11.5. The van der Waals surface area contributed by atoms with E-state index in [2.05, 4.69) is 36.2 Å². The maximum Gasteiger partial charge on any atom is 0.220 e. The van der Waals surface area contributed by atoms with E-state index in [9.17, 15) is 10.1 Å². The molecule has 0 fully saturated rings. The molecule has 7 heteroatoms. The van der Waals surface area contributed by atoms with E-state index in [0.717, 1.165) is 27.8 Å². The number of nitro groups is 1. The standard InChI is InChI=1S/C23H22N4O2S/c1-15-11-12-19(13-16(15)2)27-17(3)24-25-23(27)30-22(14-26(28)29)21-10-6-8-18-7-4-5-9-20(18)21/h4-13,22H,14H2,1-3H3/t22-/m1/s1. The summed E-state index contributed by atoms with van der Waals surface area (Å²) in [7, 11) is 0. The number of benzene rings is 3. The number of aromatic nitrogens is 3. The highest BCUT2D eigenvalue weighted by atomic mass is 32.2. The molecule has 0 spiro atoms. The molecule has 0 aliphatic rings. The molecule has 0 aliphatic heterocycles. The van der Waals surface area contributed by atoms with E-state index in [-0.39, 0.29) is 16.7 Å². The highest BCUT2D eigenvalue weighted by Gasteiger charge is 2.25. The molecule has 0 saturated carbocycles. The number of hydrogen-bond acceptors (Lipinski definition) is 5. The molecular formula is C23H22N4O2S. The van der Waals surface area contributed by atoms with E-state index < -0.39 is 0 Å². The zero-order valence-electron chi connectivity index (χ0n) is 17.1. The number of fused-ring (bicyclic) bond motifs is 1. The lowest BCUT2D eigenvalue weighted by Crippen LogP contribution is -2.11. The Bertz CT molecular complexity index is 1230. The molecule has 4 aromatic rings. The summed E-state index contributed by atoms with van der Waals surface area (Å²) in [5.41, 5.74) is 4.27. The summed E-state index contributed by atoms with van der Waals surface area (Å²) in [4.78, 5) is 11.2. The van der Waals surface area contributed by atoms with Gasteiger partial charge in [0.25, 0.3) is 0 Å². The summed E-state index contributed by atoms with van der Waals surface area (Å²) in [5, 5.41) is 22.5. The monoisotopic (exact) mass is 418 g/mol. The normalized spacial score (nSPS) is 12.2. The van der Waals surface area contributed by atoms with Crippen molar-refractivity contribution in [3.05, 3.63) is 93.3 Å². The van der Waals surface area contributed by atoms with Gasteiger partial charge in [0.1, 0.15) is 11.1 Å². The second kappa shape index (κ2) is 8.28. The molecule has 0 saturated heterocycles. The molecule has 1 heterocycles. The van der Waals surface area contributed by atoms with Crippen LogP contribution in [-0.4, -0.2) is 26.2 Å². The highest BCUT2D eigenvalue weighted by molar-refractivity contribution is 7.99. The van der Waals surface area contributed by atoms with E-state index in [4.69, 9.17) is 0 Å². The smallest absolute Gasteiger partial charge is 0.220 e. The zero-order valence-corrected chi connectivity index (χ0v) is 17.9. The van der Waals surface area contributed by atoms with Gasteiger partial charge in [-0.05, 0) is 60.4 Å². The maximum absolute atomic E-state index is 11.5. The Morgan fingerprint density at radius 1 is 1.00 bits per heavy atom. The van der Waals surface area contributed by atoms with Crippen LogP contribution in [0.15, 0.2) is 65.8 Å². The molecule has 0 N–H and O–H groups in total. The fourth-order valence-corrected chi connectivity index (χ4v) is 4.79. The molecule has 4 rings (SSSR count). The van der Waals surface area contributed by atoms with Gasteiger partial charge in [-0.3, -0.25) is 14.7 Å². The van der Waals surface area contributed by atoms with Crippen LogP contribution in [0.25, 0.3) is 16.5 Å². The number of nitrogens with zero attached hydrogens (tertiary/aromatic N) is 4. The van der Waals surface area contributed by atoms with Gasteiger partial charge in [0.2, 0.25) is 6.54 Å². The van der Waals surface area contributed by atoms with Gasteiger partial charge in [0, 0.05) is 10.6 Å². The first kappa shape index (κ1) is 20.1. The highest BCUT2D eigenvalue weighted by Crippen LogP contribution is 2.39. The number of aryl methyl sites for hydroxylation is 3. The average Bonchev–Trinajstić information content (AvgIpc) is 3.09. The Balaban J connectivity index is 1.78. The average molecular weight is 419 g/mol. The summed E-state index contributed by atoms with van der Waals surface area (Å²) in [5.74, 6) is 0.749.